The van der Waals surface area contributed by atoms with Crippen LogP contribution in [0.5, 0.6) is 11.5 Å². The summed E-state index contributed by atoms with van der Waals surface area (Å²) in [7, 11) is 0. The topological polar surface area (TPSA) is 126 Å². The standard InChI is InChI=1S/C27H24ClN3O6/c28-17-3-10-24-23(13-17)22-11-12-31(27(34)37-21-8-4-18(30-35)5-9-21)26(25(22)29-24)16-1-6-20(7-2-16)36-15-19(33)14-32/h1-10,13,19,26,29,32-33H,11-12,14-15H2/p+1. The van der Waals surface area contributed by atoms with E-state index in [-0.39, 0.29) is 13.2 Å². The van der Waals surface area contributed by atoms with Crippen molar-refractivity contribution in [2.75, 3.05) is 19.8 Å². The normalized spacial score (nSPS) is 15.8. The van der Waals surface area contributed by atoms with E-state index in [9.17, 15) is 14.8 Å². The number of aliphatic hydroxyl groups excluding tert-OH is 2. The van der Waals surface area contributed by atoms with Gasteiger partial charge in [0.05, 0.1) is 6.61 Å². The van der Waals surface area contributed by atoms with Gasteiger partial charge in [-0.1, -0.05) is 23.7 Å². The molecule has 2 heterocycles. The van der Waals surface area contributed by atoms with E-state index in [1.807, 2.05) is 30.3 Å². The number of hydrogen-bond donors (Lipinski definition) is 4. The van der Waals surface area contributed by atoms with Crippen molar-refractivity contribution in [2.24, 2.45) is 0 Å². The molecular weight excluding hydrogens is 498 g/mol. The molecule has 0 saturated heterocycles. The number of nitrogens with zero attached hydrogens (tertiary/aromatic N) is 1. The maximum Gasteiger partial charge on any atom is 0.416 e. The van der Waals surface area contributed by atoms with Gasteiger partial charge in [-0.05, 0) is 60.0 Å². The van der Waals surface area contributed by atoms with Crippen molar-refractivity contribution in [1.29, 1.82) is 0 Å². The van der Waals surface area contributed by atoms with Crippen molar-refractivity contribution in [2.45, 2.75) is 18.6 Å². The minimum Gasteiger partial charge on any atom is -0.491 e. The highest BCUT2D eigenvalue weighted by atomic mass is 35.5. The average Bonchev–Trinajstić information content (AvgIpc) is 3.29. The van der Waals surface area contributed by atoms with Gasteiger partial charge < -0.3 is 24.7 Å². The van der Waals surface area contributed by atoms with E-state index in [1.54, 1.807) is 34.3 Å². The molecule has 4 aromatic rings. The van der Waals surface area contributed by atoms with Gasteiger partial charge in [0.1, 0.15) is 30.3 Å². The van der Waals surface area contributed by atoms with Crippen molar-refractivity contribution in [1.82, 2.24) is 9.88 Å². The van der Waals surface area contributed by atoms with Crippen LogP contribution in [-0.4, -0.2) is 52.1 Å². The Morgan fingerprint density at radius 1 is 1.11 bits per heavy atom. The molecule has 5 rings (SSSR count). The predicted octanol–water partition coefficient (Wildman–Crippen LogP) is 3.18. The summed E-state index contributed by atoms with van der Waals surface area (Å²) >= 11 is 6.27. The van der Waals surface area contributed by atoms with Crippen LogP contribution in [0, 0.1) is 4.91 Å². The van der Waals surface area contributed by atoms with Crippen molar-refractivity contribution in [3.05, 3.63) is 93.5 Å². The number of nitroso groups, excluding NO2 is 1. The molecule has 190 valence electrons. The molecule has 37 heavy (non-hydrogen) atoms. The Bertz CT molecular complexity index is 1420. The van der Waals surface area contributed by atoms with Gasteiger partial charge in [0.25, 0.3) is 5.69 Å². The van der Waals surface area contributed by atoms with Crippen LogP contribution in [0.1, 0.15) is 22.9 Å². The molecular formula is C27H25ClN3O6+. The number of aromatic amines is 1. The fourth-order valence-corrected chi connectivity index (χ4v) is 4.72. The van der Waals surface area contributed by atoms with Gasteiger partial charge in [-0.25, -0.2) is 4.79 Å². The fourth-order valence-electron chi connectivity index (χ4n) is 4.55. The summed E-state index contributed by atoms with van der Waals surface area (Å²) in [6.07, 6.45) is -0.885. The van der Waals surface area contributed by atoms with Crippen LogP contribution in [0.3, 0.4) is 0 Å². The molecule has 10 heteroatoms. The quantitative estimate of drug-likeness (QED) is 0.295. The molecule has 9 nitrogen and oxygen atoms in total. The lowest BCUT2D eigenvalue weighted by Crippen LogP contribution is -2.55. The van der Waals surface area contributed by atoms with E-state index in [2.05, 4.69) is 4.98 Å². The minimum atomic E-state index is -0.970. The summed E-state index contributed by atoms with van der Waals surface area (Å²) in [5, 5.41) is 22.0. The number of carbonyl (C=O) groups excluding carboxylic acids is 1. The molecule has 0 bridgehead atoms. The Hall–Kier alpha value is -3.92. The Morgan fingerprint density at radius 2 is 1.84 bits per heavy atom. The van der Waals surface area contributed by atoms with Crippen LogP contribution in [0.4, 0.5) is 10.5 Å². The van der Waals surface area contributed by atoms with Gasteiger partial charge in [-0.3, -0.25) is 4.90 Å². The van der Waals surface area contributed by atoms with Crippen LogP contribution in [-0.2, 0) is 6.42 Å². The van der Waals surface area contributed by atoms with E-state index >= 15 is 0 Å². The number of H-pyrrole nitrogens is 1. The van der Waals surface area contributed by atoms with Crippen molar-refractivity contribution < 1.29 is 29.7 Å². The third-order valence-electron chi connectivity index (χ3n) is 6.35. The van der Waals surface area contributed by atoms with E-state index in [0.717, 1.165) is 27.7 Å². The van der Waals surface area contributed by atoms with E-state index in [0.29, 0.717) is 35.2 Å². The molecule has 3 aromatic carbocycles. The number of fused-ring (bicyclic) bond motifs is 3. The highest BCUT2D eigenvalue weighted by Gasteiger charge is 2.35. The highest BCUT2D eigenvalue weighted by Crippen LogP contribution is 2.40. The molecule has 0 saturated carbocycles. The third-order valence-corrected chi connectivity index (χ3v) is 6.58. The number of hydrogen-bond acceptors (Lipinski definition) is 6. The second-order valence-electron chi connectivity index (χ2n) is 8.76. The zero-order valence-corrected chi connectivity index (χ0v) is 20.4. The molecule has 1 aliphatic rings. The molecule has 0 radical (unpaired) electrons. The highest BCUT2D eigenvalue weighted by molar-refractivity contribution is 6.31. The van der Waals surface area contributed by atoms with Crippen LogP contribution < -0.4 is 14.7 Å². The Labute approximate surface area is 217 Å². The maximum absolute atomic E-state index is 13.4. The largest absolute Gasteiger partial charge is 0.491 e. The lowest BCUT2D eigenvalue weighted by molar-refractivity contribution is -0.379. The molecule has 1 amide bonds. The third kappa shape index (κ3) is 5.15. The van der Waals surface area contributed by atoms with Crippen LogP contribution >= 0.6 is 11.6 Å². The van der Waals surface area contributed by atoms with Crippen LogP contribution in [0.15, 0.2) is 66.7 Å². The van der Waals surface area contributed by atoms with Gasteiger partial charge >= 0.3 is 6.09 Å². The summed E-state index contributed by atoms with van der Waals surface area (Å²) in [5.74, 6) is 0.847. The monoisotopic (exact) mass is 522 g/mol. The van der Waals surface area contributed by atoms with Crippen molar-refractivity contribution >= 4 is 34.3 Å². The first-order valence-corrected chi connectivity index (χ1v) is 12.1. The van der Waals surface area contributed by atoms with Crippen molar-refractivity contribution in [3.8, 4) is 11.5 Å². The van der Waals surface area contributed by atoms with Gasteiger partial charge in [-0.15, -0.1) is 0 Å². The lowest BCUT2D eigenvalue weighted by atomic mass is 9.92. The van der Waals surface area contributed by atoms with Gasteiger partial charge in [0, 0.05) is 50.4 Å². The number of ether oxygens (including phenoxy) is 2. The number of nitrogens with one attached hydrogen (secondary N) is 2. The SMILES string of the molecule is O=[NH+]c1ccc(OC(=O)N2CCc3c([nH]c4ccc(Cl)cc34)C2c2ccc(OCC(O)CO)cc2)cc1. The second-order valence-corrected chi connectivity index (χ2v) is 9.20. The first kappa shape index (κ1) is 24.8. The van der Waals surface area contributed by atoms with E-state index in [1.165, 1.54) is 12.1 Å². The summed E-state index contributed by atoms with van der Waals surface area (Å²) in [6.45, 7) is -0.0110. The summed E-state index contributed by atoms with van der Waals surface area (Å²) in [6, 6.07) is 18.6. The zero-order chi connectivity index (χ0) is 25.9. The van der Waals surface area contributed by atoms with Gasteiger partial charge in [-0.2, -0.15) is 0 Å². The van der Waals surface area contributed by atoms with Crippen molar-refractivity contribution in [3.63, 3.8) is 0 Å². The number of rotatable bonds is 7. The first-order valence-electron chi connectivity index (χ1n) is 11.7. The predicted molar refractivity (Wildman–Crippen MR) is 137 cm³/mol. The summed E-state index contributed by atoms with van der Waals surface area (Å²) < 4.78 is 11.2. The number of carbonyl (C=O) groups is 1. The van der Waals surface area contributed by atoms with Gasteiger partial charge in [0.2, 0.25) is 0 Å². The molecule has 0 spiro atoms. The number of amides is 1. The number of aromatic nitrogens is 1. The Balaban J connectivity index is 1.49. The van der Waals surface area contributed by atoms with E-state index in [4.69, 9.17) is 26.2 Å². The Kier molecular flexibility index (Phi) is 7.09. The second kappa shape index (κ2) is 10.6. The first-order chi connectivity index (χ1) is 18.0. The fraction of sp³-hybridized carbons (Fsp3) is 0.222. The molecule has 0 fully saturated rings. The number of halogens is 1. The maximum atomic E-state index is 13.4. The molecule has 1 aromatic heterocycles. The molecule has 2 unspecified atom stereocenters. The lowest BCUT2D eigenvalue weighted by Gasteiger charge is -2.35. The molecule has 2 atom stereocenters. The van der Waals surface area contributed by atoms with Gasteiger partial charge in [0.15, 0.2) is 0 Å². The molecule has 0 aliphatic carbocycles. The summed E-state index contributed by atoms with van der Waals surface area (Å²) in [4.78, 5) is 29.3. The molecule has 4 N–H and O–H groups in total. The number of benzene rings is 3. The average molecular weight is 523 g/mol. The van der Waals surface area contributed by atoms with E-state index < -0.39 is 18.2 Å². The Morgan fingerprint density at radius 3 is 2.54 bits per heavy atom. The minimum absolute atomic E-state index is 0.0364. The van der Waals surface area contributed by atoms with Crippen LogP contribution in [0.25, 0.3) is 10.9 Å². The zero-order valence-electron chi connectivity index (χ0n) is 19.7. The summed E-state index contributed by atoms with van der Waals surface area (Å²) in [5.41, 5.74) is 4.08. The molecule has 1 aliphatic heterocycles. The number of aliphatic hydroxyl groups is 2. The van der Waals surface area contributed by atoms with Crippen LogP contribution in [0.2, 0.25) is 5.02 Å². The smallest absolute Gasteiger partial charge is 0.416 e.